The minimum Gasteiger partial charge on any atom is -0.454 e. The number of hydrogen-bond donors (Lipinski definition) is 0. The Balaban J connectivity index is 1.00. The summed E-state index contributed by atoms with van der Waals surface area (Å²) in [5.41, 5.74) is 16.7. The van der Waals surface area contributed by atoms with E-state index in [0.29, 0.717) is 0 Å². The van der Waals surface area contributed by atoms with Gasteiger partial charge in [0.15, 0.2) is 11.2 Å². The third-order valence-corrected chi connectivity index (χ3v) is 17.9. The number of hydrogen-bond acceptors (Lipinski definition) is 4. The van der Waals surface area contributed by atoms with Gasteiger partial charge in [0.1, 0.15) is 11.2 Å². The van der Waals surface area contributed by atoms with E-state index in [1.807, 2.05) is 0 Å². The van der Waals surface area contributed by atoms with E-state index in [9.17, 15) is 0 Å². The second-order valence-electron chi connectivity index (χ2n) is 26.9. The molecule has 0 bridgehead atoms. The SMILES string of the molecule is CC(C)(C)c1cccc2c1oc1c(N(c3ccccc3)c3ccc4c5c(ccc4c3)-c3c(c4ccc(N(c6ccccc6)c6cccc7c6oc6c(C(C)(C)C)cccc67)cc4c4ccccc34)C5(C(C)(C)C)C(C)(C)C)cccc12. The maximum Gasteiger partial charge on any atom is 0.159 e. The van der Waals surface area contributed by atoms with E-state index in [-0.39, 0.29) is 21.7 Å². The molecule has 0 atom stereocenters. The van der Waals surface area contributed by atoms with Crippen LogP contribution in [0.15, 0.2) is 215 Å². The molecule has 14 rings (SSSR count). The van der Waals surface area contributed by atoms with Crippen molar-refractivity contribution < 1.29 is 8.83 Å². The Labute approximate surface area is 476 Å². The molecule has 2 heterocycles. The molecule has 0 N–H and O–H groups in total. The highest BCUT2D eigenvalue weighted by molar-refractivity contribution is 6.21. The largest absolute Gasteiger partial charge is 0.454 e. The Morgan fingerprint density at radius 1 is 0.309 bits per heavy atom. The topological polar surface area (TPSA) is 32.8 Å². The summed E-state index contributed by atoms with van der Waals surface area (Å²) in [6.07, 6.45) is 0. The van der Waals surface area contributed by atoms with Crippen molar-refractivity contribution >= 4 is 110 Å². The Morgan fingerprint density at radius 2 is 0.741 bits per heavy atom. The lowest BCUT2D eigenvalue weighted by Gasteiger charge is -2.54. The molecule has 81 heavy (non-hydrogen) atoms. The van der Waals surface area contributed by atoms with Crippen molar-refractivity contribution in [3.8, 4) is 11.1 Å². The van der Waals surface area contributed by atoms with Gasteiger partial charge in [0.25, 0.3) is 0 Å². The highest BCUT2D eigenvalue weighted by Crippen LogP contribution is 2.69. The molecule has 0 amide bonds. The number of furan rings is 2. The van der Waals surface area contributed by atoms with Crippen LogP contribution in [0.5, 0.6) is 0 Å². The van der Waals surface area contributed by atoms with Gasteiger partial charge in [-0.2, -0.15) is 0 Å². The fourth-order valence-electron chi connectivity index (χ4n) is 15.0. The van der Waals surface area contributed by atoms with Crippen molar-refractivity contribution in [3.05, 3.63) is 229 Å². The first-order chi connectivity index (χ1) is 38.8. The lowest BCUT2D eigenvalue weighted by molar-refractivity contribution is 0.0977. The van der Waals surface area contributed by atoms with Crippen LogP contribution in [0.2, 0.25) is 0 Å². The number of nitrogens with zero attached hydrogens (tertiary/aromatic N) is 2. The number of benzene rings is 11. The number of rotatable bonds is 6. The molecule has 13 aromatic rings. The molecule has 0 saturated heterocycles. The number of anilines is 6. The van der Waals surface area contributed by atoms with Gasteiger partial charge >= 0.3 is 0 Å². The lowest BCUT2D eigenvalue weighted by atomic mass is 9.49. The van der Waals surface area contributed by atoms with E-state index in [1.54, 1.807) is 0 Å². The summed E-state index contributed by atoms with van der Waals surface area (Å²) >= 11 is 0. The van der Waals surface area contributed by atoms with Crippen LogP contribution in [0.4, 0.5) is 34.1 Å². The van der Waals surface area contributed by atoms with E-state index >= 15 is 0 Å². The predicted octanol–water partition coefficient (Wildman–Crippen LogP) is 22.8. The Bertz CT molecular complexity index is 4670. The van der Waals surface area contributed by atoms with E-state index < -0.39 is 5.41 Å². The molecule has 0 radical (unpaired) electrons. The summed E-state index contributed by atoms with van der Waals surface area (Å²) in [5.74, 6) is 0. The minimum atomic E-state index is -0.455. The van der Waals surface area contributed by atoms with Crippen molar-refractivity contribution in [2.24, 2.45) is 10.8 Å². The fourth-order valence-corrected chi connectivity index (χ4v) is 15.0. The van der Waals surface area contributed by atoms with Gasteiger partial charge in [0.05, 0.1) is 11.4 Å². The van der Waals surface area contributed by atoms with Crippen LogP contribution in [0.3, 0.4) is 0 Å². The second kappa shape index (κ2) is 17.7. The molecule has 1 aliphatic rings. The summed E-state index contributed by atoms with van der Waals surface area (Å²) in [6, 6.07) is 76.4. The third-order valence-electron chi connectivity index (χ3n) is 17.9. The third kappa shape index (κ3) is 7.41. The van der Waals surface area contributed by atoms with Crippen LogP contribution in [-0.2, 0) is 16.2 Å². The Kier molecular flexibility index (Phi) is 11.1. The van der Waals surface area contributed by atoms with Crippen molar-refractivity contribution in [3.63, 3.8) is 0 Å². The summed E-state index contributed by atoms with van der Waals surface area (Å²) in [5, 5.41) is 12.0. The zero-order valence-electron chi connectivity index (χ0n) is 48.8. The fraction of sp³-hybridized carbons (Fsp3) is 0.221. The Morgan fingerprint density at radius 3 is 1.23 bits per heavy atom. The van der Waals surface area contributed by atoms with E-state index in [1.165, 1.54) is 65.7 Å². The maximum atomic E-state index is 7.12. The molecular weight excluding hydrogens is 985 g/mol. The van der Waals surface area contributed by atoms with Crippen LogP contribution >= 0.6 is 0 Å². The van der Waals surface area contributed by atoms with E-state index in [0.717, 1.165) is 78.0 Å². The molecule has 0 unspecified atom stereocenters. The first-order valence-electron chi connectivity index (χ1n) is 28.9. The molecule has 0 aliphatic heterocycles. The predicted molar refractivity (Wildman–Crippen MR) is 345 cm³/mol. The number of fused-ring (bicyclic) bond motifs is 16. The van der Waals surface area contributed by atoms with Gasteiger partial charge in [0.2, 0.25) is 0 Å². The minimum absolute atomic E-state index is 0.0882. The van der Waals surface area contributed by atoms with Gasteiger partial charge in [0, 0.05) is 60.8 Å². The van der Waals surface area contributed by atoms with Crippen LogP contribution in [0.25, 0.3) is 87.3 Å². The van der Waals surface area contributed by atoms with E-state index in [2.05, 4.69) is 299 Å². The Hall–Kier alpha value is -8.60. The van der Waals surface area contributed by atoms with Crippen molar-refractivity contribution in [1.29, 1.82) is 0 Å². The first-order valence-corrected chi connectivity index (χ1v) is 28.9. The zero-order valence-corrected chi connectivity index (χ0v) is 48.8. The standard InChI is InChI=1S/C77H70N2O2/c1-73(2,3)62-35-21-31-56-58-33-23-37-64(71(58)80-69(56)62)78(48-25-15-13-16-26-48)50-40-43-52-47(45-50)39-42-60-66-54-30-20-19-29-53(54)61-46-51(41-44-55(61)68(66)77(67(52)60,75(7,8)9)76(10,11)12)79(49-27-17-14-18-28-49)65-38-24-34-59-57-32-22-36-63(74(4,5)6)70(57)81-72(59)65/h13-46H,1-12H3. The van der Waals surface area contributed by atoms with Gasteiger partial charge in [-0.15, -0.1) is 0 Å². The molecule has 4 heteroatoms. The van der Waals surface area contributed by atoms with Crippen LogP contribution < -0.4 is 9.80 Å². The van der Waals surface area contributed by atoms with Crippen molar-refractivity contribution in [2.75, 3.05) is 9.80 Å². The lowest BCUT2D eigenvalue weighted by Crippen LogP contribution is -2.50. The van der Waals surface area contributed by atoms with Crippen LogP contribution in [0, 0.1) is 10.8 Å². The first kappa shape index (κ1) is 50.6. The highest BCUT2D eigenvalue weighted by Gasteiger charge is 2.59. The smallest absolute Gasteiger partial charge is 0.159 e. The molecule has 1 aliphatic carbocycles. The highest BCUT2D eigenvalue weighted by atomic mass is 16.3. The summed E-state index contributed by atoms with van der Waals surface area (Å²) < 4.78 is 14.2. The van der Waals surface area contributed by atoms with Crippen LogP contribution in [-0.4, -0.2) is 0 Å². The summed E-state index contributed by atoms with van der Waals surface area (Å²) in [7, 11) is 0. The van der Waals surface area contributed by atoms with Gasteiger partial charge in [-0.1, -0.05) is 229 Å². The molecule has 11 aromatic carbocycles. The maximum absolute atomic E-state index is 7.12. The molecule has 400 valence electrons. The molecular formula is C77H70N2O2. The molecule has 0 fully saturated rings. The number of para-hydroxylation sites is 6. The molecule has 2 aromatic heterocycles. The van der Waals surface area contributed by atoms with Crippen molar-refractivity contribution in [2.45, 2.75) is 99.3 Å². The van der Waals surface area contributed by atoms with Crippen molar-refractivity contribution in [1.82, 2.24) is 0 Å². The molecule has 0 spiro atoms. The van der Waals surface area contributed by atoms with Gasteiger partial charge in [-0.3, -0.25) is 0 Å². The summed E-state index contributed by atoms with van der Waals surface area (Å²) in [4.78, 5) is 4.79. The van der Waals surface area contributed by atoms with Crippen LogP contribution in [0.1, 0.15) is 105 Å². The average Bonchev–Trinajstić information content (AvgIpc) is 1.81. The van der Waals surface area contributed by atoms with E-state index in [4.69, 9.17) is 8.83 Å². The van der Waals surface area contributed by atoms with Gasteiger partial charge < -0.3 is 18.6 Å². The van der Waals surface area contributed by atoms with Gasteiger partial charge in [-0.05, 0) is 137 Å². The monoisotopic (exact) mass is 1050 g/mol. The quantitative estimate of drug-likeness (QED) is 0.155. The zero-order chi connectivity index (χ0) is 56.1. The summed E-state index contributed by atoms with van der Waals surface area (Å²) in [6.45, 7) is 28.5. The average molecular weight is 1060 g/mol. The molecule has 0 saturated carbocycles. The van der Waals surface area contributed by atoms with Gasteiger partial charge in [-0.25, -0.2) is 0 Å². The molecule has 4 nitrogen and oxygen atoms in total. The normalized spacial score (nSPS) is 13.8. The second-order valence-corrected chi connectivity index (χ2v) is 26.9.